The molecule has 0 radical (unpaired) electrons. The summed E-state index contributed by atoms with van der Waals surface area (Å²) in [7, 11) is 1.82. The van der Waals surface area contributed by atoms with Crippen molar-refractivity contribution in [1.82, 2.24) is 15.3 Å². The number of benzene rings is 1. The van der Waals surface area contributed by atoms with Crippen molar-refractivity contribution in [3.8, 4) is 0 Å². The van der Waals surface area contributed by atoms with Crippen LogP contribution in [0, 0.1) is 0 Å². The smallest absolute Gasteiger partial charge is 0.239 e. The van der Waals surface area contributed by atoms with E-state index in [9.17, 15) is 4.79 Å². The number of carbonyl (C=O) groups is 1. The van der Waals surface area contributed by atoms with Crippen LogP contribution in [-0.2, 0) is 4.79 Å². The molecule has 1 aromatic heterocycles. The number of nitrogens with one attached hydrogen (secondary N) is 1. The van der Waals surface area contributed by atoms with Gasteiger partial charge in [0.25, 0.3) is 0 Å². The van der Waals surface area contributed by atoms with E-state index in [2.05, 4.69) is 15.3 Å². The summed E-state index contributed by atoms with van der Waals surface area (Å²) in [6.07, 6.45) is 5.79. The molecule has 1 amide bonds. The van der Waals surface area contributed by atoms with E-state index in [0.717, 1.165) is 17.0 Å². The average molecular weight is 317 g/mol. The molecule has 114 valence electrons. The van der Waals surface area contributed by atoms with Gasteiger partial charge < -0.3 is 10.2 Å². The number of anilines is 1. The summed E-state index contributed by atoms with van der Waals surface area (Å²) in [5, 5.41) is 3.81. The van der Waals surface area contributed by atoms with Crippen LogP contribution in [0.3, 0.4) is 0 Å². The fourth-order valence-electron chi connectivity index (χ4n) is 2.51. The number of amides is 1. The standard InChI is InChI=1S/C16H17ClN4O/c1-21(15-9-18-6-7-19-15)10-16(22)20-14-8-12(14)11-4-2-3-5-13(11)17/h2-7,9,12,14H,8,10H2,1H3,(H,20,22)/t12-,14-/m0/s1. The summed E-state index contributed by atoms with van der Waals surface area (Å²) in [4.78, 5) is 22.0. The topological polar surface area (TPSA) is 58.1 Å². The lowest BCUT2D eigenvalue weighted by Crippen LogP contribution is -2.37. The fourth-order valence-corrected chi connectivity index (χ4v) is 2.79. The molecule has 0 bridgehead atoms. The van der Waals surface area contributed by atoms with Crippen molar-refractivity contribution in [3.63, 3.8) is 0 Å². The molecule has 3 rings (SSSR count). The van der Waals surface area contributed by atoms with Crippen molar-refractivity contribution in [2.45, 2.75) is 18.4 Å². The molecule has 1 heterocycles. The number of hydrogen-bond donors (Lipinski definition) is 1. The Morgan fingerprint density at radius 3 is 2.95 bits per heavy atom. The second-order valence-corrected chi connectivity index (χ2v) is 5.86. The van der Waals surface area contributed by atoms with E-state index in [1.165, 1.54) is 0 Å². The molecule has 5 nitrogen and oxygen atoms in total. The van der Waals surface area contributed by atoms with E-state index in [0.29, 0.717) is 11.7 Å². The maximum absolute atomic E-state index is 12.1. The second-order valence-electron chi connectivity index (χ2n) is 5.46. The molecule has 6 heteroatoms. The summed E-state index contributed by atoms with van der Waals surface area (Å²) < 4.78 is 0. The van der Waals surface area contributed by atoms with Gasteiger partial charge in [-0.3, -0.25) is 9.78 Å². The highest BCUT2D eigenvalue weighted by molar-refractivity contribution is 6.31. The lowest BCUT2D eigenvalue weighted by molar-refractivity contribution is -0.119. The van der Waals surface area contributed by atoms with Crippen LogP contribution in [0.15, 0.2) is 42.9 Å². The first-order chi connectivity index (χ1) is 10.6. The van der Waals surface area contributed by atoms with Crippen molar-refractivity contribution in [1.29, 1.82) is 0 Å². The van der Waals surface area contributed by atoms with Crippen molar-refractivity contribution in [2.75, 3.05) is 18.5 Å². The van der Waals surface area contributed by atoms with E-state index in [1.807, 2.05) is 31.3 Å². The third-order valence-corrected chi connectivity index (χ3v) is 4.11. The van der Waals surface area contributed by atoms with Gasteiger partial charge in [0.1, 0.15) is 5.82 Å². The highest BCUT2D eigenvalue weighted by Crippen LogP contribution is 2.43. The number of carbonyl (C=O) groups excluding carboxylic acids is 1. The Morgan fingerprint density at radius 2 is 2.23 bits per heavy atom. The largest absolute Gasteiger partial charge is 0.351 e. The monoisotopic (exact) mass is 316 g/mol. The summed E-state index contributed by atoms with van der Waals surface area (Å²) in [6, 6.07) is 7.96. The Hall–Kier alpha value is -2.14. The Bertz CT molecular complexity index is 664. The van der Waals surface area contributed by atoms with E-state index < -0.39 is 0 Å². The normalized spacial score (nSPS) is 19.5. The van der Waals surface area contributed by atoms with Gasteiger partial charge in [-0.15, -0.1) is 0 Å². The van der Waals surface area contributed by atoms with Crippen LogP contribution < -0.4 is 10.2 Å². The van der Waals surface area contributed by atoms with Gasteiger partial charge in [0.2, 0.25) is 5.91 Å². The maximum atomic E-state index is 12.1. The molecule has 2 atom stereocenters. The zero-order chi connectivity index (χ0) is 15.5. The molecule has 1 N–H and O–H groups in total. The first-order valence-corrected chi connectivity index (χ1v) is 7.54. The SMILES string of the molecule is CN(CC(=O)N[C@H]1C[C@H]1c1ccccc1Cl)c1cnccn1. The number of hydrogen-bond acceptors (Lipinski definition) is 4. The van der Waals surface area contributed by atoms with Crippen LogP contribution in [-0.4, -0.2) is 35.5 Å². The highest BCUT2D eigenvalue weighted by Gasteiger charge is 2.40. The zero-order valence-electron chi connectivity index (χ0n) is 12.2. The van der Waals surface area contributed by atoms with Crippen LogP contribution in [0.4, 0.5) is 5.82 Å². The Balaban J connectivity index is 1.53. The first-order valence-electron chi connectivity index (χ1n) is 7.16. The summed E-state index contributed by atoms with van der Waals surface area (Å²) >= 11 is 6.19. The number of rotatable bonds is 5. The van der Waals surface area contributed by atoms with Crippen molar-refractivity contribution in [2.24, 2.45) is 0 Å². The van der Waals surface area contributed by atoms with Crippen molar-refractivity contribution in [3.05, 3.63) is 53.4 Å². The molecule has 1 aromatic carbocycles. The third-order valence-electron chi connectivity index (χ3n) is 3.76. The molecular weight excluding hydrogens is 300 g/mol. The van der Waals surface area contributed by atoms with E-state index in [1.54, 1.807) is 23.5 Å². The third kappa shape index (κ3) is 3.36. The van der Waals surface area contributed by atoms with Gasteiger partial charge in [-0.2, -0.15) is 0 Å². The van der Waals surface area contributed by atoms with Crippen LogP contribution >= 0.6 is 11.6 Å². The minimum Gasteiger partial charge on any atom is -0.351 e. The van der Waals surface area contributed by atoms with Crippen LogP contribution in [0.25, 0.3) is 0 Å². The molecule has 1 aliphatic rings. The maximum Gasteiger partial charge on any atom is 0.239 e. The Kier molecular flexibility index (Phi) is 4.24. The van der Waals surface area contributed by atoms with Gasteiger partial charge in [0.15, 0.2) is 0 Å². The van der Waals surface area contributed by atoms with Gasteiger partial charge in [0, 0.05) is 36.4 Å². The average Bonchev–Trinajstić information content (AvgIpc) is 3.27. The molecule has 1 fully saturated rings. The minimum absolute atomic E-state index is 0.0206. The van der Waals surface area contributed by atoms with Crippen LogP contribution in [0.1, 0.15) is 17.9 Å². The summed E-state index contributed by atoms with van der Waals surface area (Å²) in [6.45, 7) is 0.254. The molecule has 2 aromatic rings. The predicted molar refractivity (Wildman–Crippen MR) is 86.0 cm³/mol. The number of aromatic nitrogens is 2. The van der Waals surface area contributed by atoms with E-state index in [-0.39, 0.29) is 18.5 Å². The summed E-state index contributed by atoms with van der Waals surface area (Å²) in [5.74, 6) is 0.975. The number of nitrogens with zero attached hydrogens (tertiary/aromatic N) is 3. The highest BCUT2D eigenvalue weighted by atomic mass is 35.5. The summed E-state index contributed by atoms with van der Waals surface area (Å²) in [5.41, 5.74) is 1.11. The first kappa shape index (κ1) is 14.8. The fraction of sp³-hybridized carbons (Fsp3) is 0.312. The van der Waals surface area contributed by atoms with E-state index >= 15 is 0 Å². The van der Waals surface area contributed by atoms with Crippen LogP contribution in [0.5, 0.6) is 0 Å². The molecule has 0 unspecified atom stereocenters. The lowest BCUT2D eigenvalue weighted by Gasteiger charge is -2.17. The molecule has 22 heavy (non-hydrogen) atoms. The molecule has 1 aliphatic carbocycles. The number of halogens is 1. The van der Waals surface area contributed by atoms with E-state index in [4.69, 9.17) is 11.6 Å². The minimum atomic E-state index is -0.0206. The van der Waals surface area contributed by atoms with Crippen LogP contribution in [0.2, 0.25) is 5.02 Å². The lowest BCUT2D eigenvalue weighted by atomic mass is 10.1. The number of likely N-dealkylation sites (N-methyl/N-ethyl adjacent to an activating group) is 1. The molecular formula is C16H17ClN4O. The molecule has 0 saturated heterocycles. The Morgan fingerprint density at radius 1 is 1.41 bits per heavy atom. The van der Waals surface area contributed by atoms with Crippen molar-refractivity contribution >= 4 is 23.3 Å². The molecule has 0 aliphatic heterocycles. The predicted octanol–water partition coefficient (Wildman–Crippen LogP) is 2.24. The molecule has 0 spiro atoms. The van der Waals surface area contributed by atoms with Gasteiger partial charge in [-0.1, -0.05) is 29.8 Å². The zero-order valence-corrected chi connectivity index (χ0v) is 13.0. The van der Waals surface area contributed by atoms with Crippen molar-refractivity contribution < 1.29 is 4.79 Å². The van der Waals surface area contributed by atoms with Gasteiger partial charge in [-0.05, 0) is 18.1 Å². The Labute approximate surface area is 134 Å². The quantitative estimate of drug-likeness (QED) is 0.919. The second kappa shape index (κ2) is 6.32. The van der Waals surface area contributed by atoms with Gasteiger partial charge in [0.05, 0.1) is 12.7 Å². The van der Waals surface area contributed by atoms with Gasteiger partial charge >= 0.3 is 0 Å². The molecule has 1 saturated carbocycles. The van der Waals surface area contributed by atoms with Gasteiger partial charge in [-0.25, -0.2) is 4.98 Å².